The number of nitrogens with one attached hydrogen (secondary N) is 1. The number of rotatable bonds is 9. The van der Waals surface area contributed by atoms with Crippen LogP contribution in [0.5, 0.6) is 5.75 Å². The van der Waals surface area contributed by atoms with E-state index < -0.39 is 5.91 Å². The molecule has 2 heterocycles. The number of ether oxygens (including phenoxy) is 1. The van der Waals surface area contributed by atoms with Gasteiger partial charge in [-0.1, -0.05) is 6.92 Å². The zero-order valence-corrected chi connectivity index (χ0v) is 18.5. The zero-order chi connectivity index (χ0) is 20.8. The van der Waals surface area contributed by atoms with Crippen LogP contribution in [0.2, 0.25) is 0 Å². The Labute approximate surface area is 179 Å². The van der Waals surface area contributed by atoms with Crippen molar-refractivity contribution in [3.05, 3.63) is 40.3 Å². The quantitative estimate of drug-likeness (QED) is 0.465. The number of benzene rings is 1. The maximum atomic E-state index is 12.4. The first-order valence-electron chi connectivity index (χ1n) is 9.75. The number of fused-ring (bicyclic) bond motifs is 1. The number of thioether (sulfide) groups is 1. The van der Waals surface area contributed by atoms with Crippen molar-refractivity contribution in [1.29, 1.82) is 0 Å². The molecule has 156 valence electrons. The average molecular weight is 434 g/mol. The molecule has 1 aromatic heterocycles. The van der Waals surface area contributed by atoms with Crippen LogP contribution < -0.4 is 15.8 Å². The SMILES string of the molecule is CCN1CCc2c(sc(NC(=O)CCCSc3ccc(OC)cc3)c2C(N)=O)C1. The Bertz CT molecular complexity index is 865. The minimum absolute atomic E-state index is 0.0752. The lowest BCUT2D eigenvalue weighted by atomic mass is 10.0. The molecule has 0 saturated heterocycles. The molecule has 0 spiro atoms. The fourth-order valence-corrected chi connectivity index (χ4v) is 5.52. The number of carbonyl (C=O) groups excluding carboxylic acids is 2. The normalized spacial score (nSPS) is 13.7. The maximum absolute atomic E-state index is 12.4. The highest BCUT2D eigenvalue weighted by atomic mass is 32.2. The van der Waals surface area contributed by atoms with Crippen molar-refractivity contribution < 1.29 is 14.3 Å². The summed E-state index contributed by atoms with van der Waals surface area (Å²) in [5.74, 6) is 1.14. The lowest BCUT2D eigenvalue weighted by Crippen LogP contribution is -2.30. The van der Waals surface area contributed by atoms with Gasteiger partial charge in [-0.15, -0.1) is 23.1 Å². The van der Waals surface area contributed by atoms with Gasteiger partial charge < -0.3 is 15.8 Å². The van der Waals surface area contributed by atoms with Gasteiger partial charge in [0, 0.05) is 29.3 Å². The fraction of sp³-hybridized carbons (Fsp3) is 0.429. The van der Waals surface area contributed by atoms with E-state index in [2.05, 4.69) is 17.1 Å². The number of anilines is 1. The van der Waals surface area contributed by atoms with Gasteiger partial charge in [-0.2, -0.15) is 0 Å². The molecule has 2 amide bonds. The van der Waals surface area contributed by atoms with E-state index in [-0.39, 0.29) is 5.91 Å². The molecule has 1 aromatic carbocycles. The van der Waals surface area contributed by atoms with E-state index in [9.17, 15) is 9.59 Å². The Kier molecular flexibility index (Phi) is 7.57. The van der Waals surface area contributed by atoms with E-state index in [1.807, 2.05) is 24.3 Å². The highest BCUT2D eigenvalue weighted by Crippen LogP contribution is 2.37. The molecule has 0 unspecified atom stereocenters. The molecule has 3 rings (SSSR count). The Balaban J connectivity index is 1.53. The molecule has 3 N–H and O–H groups in total. The number of likely N-dealkylation sites (N-methyl/N-ethyl adjacent to an activating group) is 1. The molecule has 0 radical (unpaired) electrons. The summed E-state index contributed by atoms with van der Waals surface area (Å²) in [7, 11) is 1.65. The molecule has 0 atom stereocenters. The molecule has 6 nitrogen and oxygen atoms in total. The minimum atomic E-state index is -0.460. The molecule has 1 aliphatic heterocycles. The van der Waals surface area contributed by atoms with Crippen molar-refractivity contribution in [3.63, 3.8) is 0 Å². The van der Waals surface area contributed by atoms with Gasteiger partial charge in [0.2, 0.25) is 5.91 Å². The van der Waals surface area contributed by atoms with Crippen molar-refractivity contribution in [2.45, 2.75) is 37.6 Å². The lowest BCUT2D eigenvalue weighted by Gasteiger charge is -2.25. The van der Waals surface area contributed by atoms with Crippen LogP contribution in [0.25, 0.3) is 0 Å². The van der Waals surface area contributed by atoms with Crippen molar-refractivity contribution >= 4 is 39.9 Å². The zero-order valence-electron chi connectivity index (χ0n) is 16.8. The molecule has 1 aliphatic rings. The number of thiophene rings is 1. The molecule has 0 fully saturated rings. The average Bonchev–Trinajstić information content (AvgIpc) is 3.08. The number of hydrogen-bond donors (Lipinski definition) is 2. The molecule has 2 aromatic rings. The number of carbonyl (C=O) groups is 2. The Morgan fingerprint density at radius 3 is 2.72 bits per heavy atom. The second kappa shape index (κ2) is 10.1. The smallest absolute Gasteiger partial charge is 0.251 e. The number of hydrogen-bond acceptors (Lipinski definition) is 6. The highest BCUT2D eigenvalue weighted by molar-refractivity contribution is 7.99. The van der Waals surface area contributed by atoms with E-state index in [1.54, 1.807) is 18.9 Å². The first kappa shape index (κ1) is 21.7. The van der Waals surface area contributed by atoms with Gasteiger partial charge in [0.1, 0.15) is 10.8 Å². The number of primary amides is 1. The van der Waals surface area contributed by atoms with Crippen LogP contribution >= 0.6 is 23.1 Å². The summed E-state index contributed by atoms with van der Waals surface area (Å²) >= 11 is 3.19. The third-order valence-corrected chi connectivity index (χ3v) is 7.19. The van der Waals surface area contributed by atoms with Gasteiger partial charge in [-0.05, 0) is 55.0 Å². The van der Waals surface area contributed by atoms with Crippen LogP contribution in [0.3, 0.4) is 0 Å². The van der Waals surface area contributed by atoms with Gasteiger partial charge in [0.05, 0.1) is 12.7 Å². The van der Waals surface area contributed by atoms with Crippen LogP contribution in [0.1, 0.15) is 40.6 Å². The number of methoxy groups -OCH3 is 1. The first-order chi connectivity index (χ1) is 14.0. The summed E-state index contributed by atoms with van der Waals surface area (Å²) in [6, 6.07) is 7.88. The first-order valence-corrected chi connectivity index (χ1v) is 11.6. The second-order valence-electron chi connectivity index (χ2n) is 6.87. The molecule has 8 heteroatoms. The standard InChI is InChI=1S/C21H27N3O3S2/c1-3-24-11-10-16-17(13-24)29-21(19(16)20(22)26)23-18(25)5-4-12-28-15-8-6-14(27-2)7-9-15/h6-9H,3-5,10-13H2,1-2H3,(H2,22,26)(H,23,25). The number of nitrogens with two attached hydrogens (primary N) is 1. The monoisotopic (exact) mass is 433 g/mol. The van der Waals surface area contributed by atoms with Gasteiger partial charge in [0.25, 0.3) is 5.91 Å². The number of nitrogens with zero attached hydrogens (tertiary/aromatic N) is 1. The van der Waals surface area contributed by atoms with E-state index in [1.165, 1.54) is 11.3 Å². The summed E-state index contributed by atoms with van der Waals surface area (Å²) in [6.45, 7) is 4.82. The number of amides is 2. The van der Waals surface area contributed by atoms with Gasteiger partial charge in [-0.3, -0.25) is 14.5 Å². The van der Waals surface area contributed by atoms with Crippen molar-refractivity contribution in [3.8, 4) is 5.75 Å². The largest absolute Gasteiger partial charge is 0.497 e. The van der Waals surface area contributed by atoms with E-state index in [4.69, 9.17) is 10.5 Å². The molecule has 29 heavy (non-hydrogen) atoms. The third kappa shape index (κ3) is 5.52. The summed E-state index contributed by atoms with van der Waals surface area (Å²) in [5, 5.41) is 3.53. The molecular formula is C21H27N3O3S2. The van der Waals surface area contributed by atoms with Crippen LogP contribution in [-0.4, -0.2) is 42.7 Å². The van der Waals surface area contributed by atoms with Crippen molar-refractivity contribution in [1.82, 2.24) is 4.90 Å². The molecule has 0 saturated carbocycles. The van der Waals surface area contributed by atoms with E-state index in [0.717, 1.165) is 59.3 Å². The lowest BCUT2D eigenvalue weighted by molar-refractivity contribution is -0.116. The third-order valence-electron chi connectivity index (χ3n) is 4.96. The Morgan fingerprint density at radius 1 is 1.31 bits per heavy atom. The predicted molar refractivity (Wildman–Crippen MR) is 119 cm³/mol. The minimum Gasteiger partial charge on any atom is -0.497 e. The topological polar surface area (TPSA) is 84.7 Å². The molecular weight excluding hydrogens is 406 g/mol. The van der Waals surface area contributed by atoms with Crippen molar-refractivity contribution in [2.75, 3.05) is 31.3 Å². The van der Waals surface area contributed by atoms with Crippen LogP contribution in [0.4, 0.5) is 5.00 Å². The van der Waals surface area contributed by atoms with E-state index >= 15 is 0 Å². The summed E-state index contributed by atoms with van der Waals surface area (Å²) in [5.41, 5.74) is 7.14. The van der Waals surface area contributed by atoms with Gasteiger partial charge in [0.15, 0.2) is 0 Å². The Morgan fingerprint density at radius 2 is 2.07 bits per heavy atom. The summed E-state index contributed by atoms with van der Waals surface area (Å²) in [4.78, 5) is 29.0. The fourth-order valence-electron chi connectivity index (χ4n) is 3.36. The van der Waals surface area contributed by atoms with Crippen molar-refractivity contribution in [2.24, 2.45) is 5.73 Å². The second-order valence-corrected chi connectivity index (χ2v) is 9.14. The summed E-state index contributed by atoms with van der Waals surface area (Å²) in [6.07, 6.45) is 1.96. The van der Waals surface area contributed by atoms with Gasteiger partial charge in [-0.25, -0.2) is 0 Å². The van der Waals surface area contributed by atoms with Crippen LogP contribution in [-0.2, 0) is 17.8 Å². The van der Waals surface area contributed by atoms with Crippen LogP contribution in [0, 0.1) is 0 Å². The maximum Gasteiger partial charge on any atom is 0.251 e. The Hall–Kier alpha value is -2.03. The van der Waals surface area contributed by atoms with Crippen LogP contribution in [0.15, 0.2) is 29.2 Å². The van der Waals surface area contributed by atoms with E-state index in [0.29, 0.717) is 17.0 Å². The highest BCUT2D eigenvalue weighted by Gasteiger charge is 2.27. The summed E-state index contributed by atoms with van der Waals surface area (Å²) < 4.78 is 5.15. The van der Waals surface area contributed by atoms with Gasteiger partial charge >= 0.3 is 0 Å². The molecule has 0 aliphatic carbocycles. The molecule has 0 bridgehead atoms. The predicted octanol–water partition coefficient (Wildman–Crippen LogP) is 3.74.